The molecule has 3 rings (SSSR count). The second kappa shape index (κ2) is 7.98. The second-order valence-corrected chi connectivity index (χ2v) is 6.07. The van der Waals surface area contributed by atoms with Crippen molar-refractivity contribution in [2.24, 2.45) is 10.7 Å². The molecule has 0 bridgehead atoms. The zero-order valence-electron chi connectivity index (χ0n) is 13.8. The minimum absolute atomic E-state index is 0. The number of nitrogens with two attached hydrogens (primary N) is 1. The van der Waals surface area contributed by atoms with E-state index >= 15 is 0 Å². The molecule has 5 heteroatoms. The zero-order valence-corrected chi connectivity index (χ0v) is 16.2. The van der Waals surface area contributed by atoms with Crippen molar-refractivity contribution in [1.29, 1.82) is 0 Å². The van der Waals surface area contributed by atoms with Gasteiger partial charge < -0.3 is 16.2 Å². The summed E-state index contributed by atoms with van der Waals surface area (Å²) in [5.41, 5.74) is 9.41. The molecule has 0 spiro atoms. The molecule has 0 aromatic heterocycles. The first-order valence-electron chi connectivity index (χ1n) is 8.07. The van der Waals surface area contributed by atoms with Crippen molar-refractivity contribution in [3.63, 3.8) is 0 Å². The van der Waals surface area contributed by atoms with E-state index in [1.807, 2.05) is 30.3 Å². The Bertz CT molecular complexity index is 732. The molecule has 24 heavy (non-hydrogen) atoms. The fourth-order valence-corrected chi connectivity index (χ4v) is 3.11. The summed E-state index contributed by atoms with van der Waals surface area (Å²) in [4.78, 5) is 4.36. The topological polar surface area (TPSA) is 70.6 Å². The first-order chi connectivity index (χ1) is 11.1. The maximum Gasteiger partial charge on any atom is 0.193 e. The highest BCUT2D eigenvalue weighted by molar-refractivity contribution is 14.0. The van der Waals surface area contributed by atoms with Gasteiger partial charge in [0.1, 0.15) is 5.60 Å². The van der Waals surface area contributed by atoms with Crippen LogP contribution in [-0.2, 0) is 18.4 Å². The number of aliphatic hydroxyl groups is 1. The van der Waals surface area contributed by atoms with E-state index in [4.69, 9.17) is 5.73 Å². The van der Waals surface area contributed by atoms with Crippen LogP contribution >= 0.6 is 24.0 Å². The lowest BCUT2D eigenvalue weighted by molar-refractivity contribution is 0.0487. The Morgan fingerprint density at radius 3 is 2.83 bits per heavy atom. The number of rotatable bonds is 4. The SMILES string of the molecule is CCc1cccc(NC(N)=NCC2(O)CCc3ccccc32)c1.I. The number of fused-ring (bicyclic) bond motifs is 1. The lowest BCUT2D eigenvalue weighted by atomic mass is 9.96. The van der Waals surface area contributed by atoms with Crippen LogP contribution in [0.5, 0.6) is 0 Å². The summed E-state index contributed by atoms with van der Waals surface area (Å²) in [7, 11) is 0. The van der Waals surface area contributed by atoms with Crippen LogP contribution in [0.4, 0.5) is 5.69 Å². The lowest BCUT2D eigenvalue weighted by Gasteiger charge is -2.22. The van der Waals surface area contributed by atoms with Gasteiger partial charge in [-0.25, -0.2) is 4.99 Å². The predicted molar refractivity (Wildman–Crippen MR) is 110 cm³/mol. The fourth-order valence-electron chi connectivity index (χ4n) is 3.11. The van der Waals surface area contributed by atoms with Gasteiger partial charge in [0, 0.05) is 5.69 Å². The van der Waals surface area contributed by atoms with Crippen molar-refractivity contribution in [2.75, 3.05) is 11.9 Å². The molecule has 1 unspecified atom stereocenters. The normalized spacial score (nSPS) is 19.5. The minimum atomic E-state index is -0.909. The number of halogens is 1. The summed E-state index contributed by atoms with van der Waals surface area (Å²) in [6.07, 6.45) is 2.55. The number of aryl methyl sites for hydroxylation is 2. The van der Waals surface area contributed by atoms with Crippen molar-refractivity contribution in [1.82, 2.24) is 0 Å². The van der Waals surface area contributed by atoms with E-state index < -0.39 is 5.60 Å². The third kappa shape index (κ3) is 4.08. The van der Waals surface area contributed by atoms with Gasteiger partial charge in [0.2, 0.25) is 0 Å². The van der Waals surface area contributed by atoms with Crippen LogP contribution in [0, 0.1) is 0 Å². The Hall–Kier alpha value is -1.60. The summed E-state index contributed by atoms with van der Waals surface area (Å²) in [5.74, 6) is 0.330. The molecule has 0 saturated carbocycles. The monoisotopic (exact) mass is 437 g/mol. The van der Waals surface area contributed by atoms with Crippen molar-refractivity contribution in [3.8, 4) is 0 Å². The van der Waals surface area contributed by atoms with Crippen LogP contribution in [0.25, 0.3) is 0 Å². The molecule has 4 nitrogen and oxygen atoms in total. The van der Waals surface area contributed by atoms with Gasteiger partial charge in [0.25, 0.3) is 0 Å². The van der Waals surface area contributed by atoms with Gasteiger partial charge in [-0.3, -0.25) is 0 Å². The highest BCUT2D eigenvalue weighted by atomic mass is 127. The number of anilines is 1. The molecule has 128 valence electrons. The molecule has 1 atom stereocenters. The van der Waals surface area contributed by atoms with Gasteiger partial charge in [0.05, 0.1) is 6.54 Å². The number of hydrogen-bond donors (Lipinski definition) is 3. The molecule has 0 heterocycles. The number of benzene rings is 2. The molecule has 0 fully saturated rings. The van der Waals surface area contributed by atoms with E-state index in [2.05, 4.69) is 35.4 Å². The Kier molecular flexibility index (Phi) is 6.23. The van der Waals surface area contributed by atoms with E-state index in [9.17, 15) is 5.11 Å². The van der Waals surface area contributed by atoms with Gasteiger partial charge in [-0.2, -0.15) is 0 Å². The van der Waals surface area contributed by atoms with Crippen molar-refractivity contribution in [2.45, 2.75) is 31.8 Å². The third-order valence-electron chi connectivity index (χ3n) is 4.45. The molecule has 0 saturated heterocycles. The largest absolute Gasteiger partial charge is 0.383 e. The van der Waals surface area contributed by atoms with Gasteiger partial charge >= 0.3 is 0 Å². The van der Waals surface area contributed by atoms with Crippen molar-refractivity contribution >= 4 is 35.6 Å². The van der Waals surface area contributed by atoms with Gasteiger partial charge in [0.15, 0.2) is 5.96 Å². The van der Waals surface area contributed by atoms with Gasteiger partial charge in [-0.1, -0.05) is 43.3 Å². The minimum Gasteiger partial charge on any atom is -0.383 e. The highest BCUT2D eigenvalue weighted by Gasteiger charge is 2.36. The molecule has 0 aliphatic heterocycles. The number of hydrogen-bond acceptors (Lipinski definition) is 2. The smallest absolute Gasteiger partial charge is 0.193 e. The summed E-state index contributed by atoms with van der Waals surface area (Å²) >= 11 is 0. The third-order valence-corrected chi connectivity index (χ3v) is 4.45. The highest BCUT2D eigenvalue weighted by Crippen LogP contribution is 2.36. The number of nitrogens with one attached hydrogen (secondary N) is 1. The van der Waals surface area contributed by atoms with Crippen molar-refractivity contribution in [3.05, 3.63) is 65.2 Å². The van der Waals surface area contributed by atoms with Crippen LogP contribution < -0.4 is 11.1 Å². The maximum absolute atomic E-state index is 10.9. The van der Waals surface area contributed by atoms with Crippen LogP contribution in [0.2, 0.25) is 0 Å². The van der Waals surface area contributed by atoms with Crippen LogP contribution in [0.3, 0.4) is 0 Å². The maximum atomic E-state index is 10.9. The summed E-state index contributed by atoms with van der Waals surface area (Å²) in [6.45, 7) is 2.39. The Morgan fingerprint density at radius 2 is 2.04 bits per heavy atom. The first kappa shape index (κ1) is 18.7. The van der Waals surface area contributed by atoms with E-state index in [1.165, 1.54) is 11.1 Å². The van der Waals surface area contributed by atoms with Gasteiger partial charge in [-0.15, -0.1) is 24.0 Å². The molecule has 1 aliphatic carbocycles. The molecule has 4 N–H and O–H groups in total. The standard InChI is InChI=1S/C19H23N3O.HI/c1-2-14-6-5-8-16(12-14)22-18(20)21-13-19(23)11-10-15-7-3-4-9-17(15)19;/h3-9,12,23H,2,10-11,13H2,1H3,(H3,20,21,22);1H. The van der Waals surface area contributed by atoms with E-state index in [0.29, 0.717) is 12.4 Å². The summed E-state index contributed by atoms with van der Waals surface area (Å²) in [5, 5.41) is 13.9. The average molecular weight is 437 g/mol. The molecule has 0 amide bonds. The second-order valence-electron chi connectivity index (χ2n) is 6.07. The number of nitrogens with zero attached hydrogens (tertiary/aromatic N) is 1. The van der Waals surface area contributed by atoms with E-state index in [1.54, 1.807) is 0 Å². The Labute approximate surface area is 160 Å². The Morgan fingerprint density at radius 1 is 1.25 bits per heavy atom. The molecular formula is C19H24IN3O. The van der Waals surface area contributed by atoms with Crippen LogP contribution in [0.15, 0.2) is 53.5 Å². The molecule has 2 aromatic carbocycles. The lowest BCUT2D eigenvalue weighted by Crippen LogP contribution is -2.30. The molecule has 0 radical (unpaired) electrons. The van der Waals surface area contributed by atoms with Crippen LogP contribution in [-0.4, -0.2) is 17.6 Å². The fraction of sp³-hybridized carbons (Fsp3) is 0.316. The van der Waals surface area contributed by atoms with Crippen molar-refractivity contribution < 1.29 is 5.11 Å². The molecule has 2 aromatic rings. The van der Waals surface area contributed by atoms with E-state index in [0.717, 1.165) is 24.1 Å². The zero-order chi connectivity index (χ0) is 16.3. The molecule has 1 aliphatic rings. The number of guanidine groups is 1. The van der Waals surface area contributed by atoms with Crippen LogP contribution in [0.1, 0.15) is 30.0 Å². The molecular weight excluding hydrogens is 413 g/mol. The summed E-state index contributed by atoms with van der Waals surface area (Å²) in [6, 6.07) is 16.1. The average Bonchev–Trinajstić information content (AvgIpc) is 2.91. The summed E-state index contributed by atoms with van der Waals surface area (Å²) < 4.78 is 0. The van der Waals surface area contributed by atoms with Gasteiger partial charge in [-0.05, 0) is 48.1 Å². The van der Waals surface area contributed by atoms with E-state index in [-0.39, 0.29) is 30.5 Å². The predicted octanol–water partition coefficient (Wildman–Crippen LogP) is 3.43. The number of aliphatic imine (C=N–C) groups is 1. The quantitative estimate of drug-likeness (QED) is 0.390. The Balaban J connectivity index is 0.00000208. The first-order valence-corrected chi connectivity index (χ1v) is 8.07.